The molecule has 0 spiro atoms. The molecule has 222 valence electrons. The second-order valence-corrected chi connectivity index (χ2v) is 12.2. The number of nitrogens with two attached hydrogens (primary N) is 3. The van der Waals surface area contributed by atoms with E-state index in [1.807, 2.05) is 0 Å². The highest BCUT2D eigenvalue weighted by Crippen LogP contribution is 2.44. The molecule has 2 saturated heterocycles. The highest BCUT2D eigenvalue weighted by molar-refractivity contribution is 8.00. The summed E-state index contributed by atoms with van der Waals surface area (Å²) in [6.07, 6.45) is 0. The second-order valence-electron chi connectivity index (χ2n) is 9.24. The summed E-state index contributed by atoms with van der Waals surface area (Å²) in [5.74, 6) is -3.82. The van der Waals surface area contributed by atoms with E-state index in [9.17, 15) is 29.4 Å². The van der Waals surface area contributed by atoms with E-state index in [2.05, 4.69) is 25.5 Å². The number of anilines is 3. The number of hydrogen-bond acceptors (Lipinski definition) is 16. The third-order valence-corrected chi connectivity index (χ3v) is 9.93. The van der Waals surface area contributed by atoms with Crippen LogP contribution in [0.5, 0.6) is 0 Å². The molecular weight excluding hydrogens is 615 g/mol. The summed E-state index contributed by atoms with van der Waals surface area (Å²) in [5.41, 5.74) is 16.2. The molecule has 0 bridgehead atoms. The number of β-lactam (4-membered cyclic amide) rings is 1. The fourth-order valence-corrected chi connectivity index (χ4v) is 7.79. The Kier molecular flexibility index (Phi) is 7.72. The van der Waals surface area contributed by atoms with Gasteiger partial charge in [0.1, 0.15) is 30.0 Å². The first-order valence-corrected chi connectivity index (χ1v) is 14.8. The summed E-state index contributed by atoms with van der Waals surface area (Å²) in [5, 5.41) is 33.5. The van der Waals surface area contributed by atoms with Crippen LogP contribution in [0.3, 0.4) is 0 Å². The number of carbonyl (C=O) groups is 4. The fraction of sp³-hybridized carbons (Fsp3) is 0.381. The van der Waals surface area contributed by atoms with Gasteiger partial charge in [0, 0.05) is 40.0 Å². The van der Waals surface area contributed by atoms with E-state index in [-0.39, 0.29) is 57.2 Å². The minimum Gasteiger partial charge on any atom is -0.549 e. The molecule has 3 aromatic heterocycles. The van der Waals surface area contributed by atoms with Crippen molar-refractivity contribution in [1.29, 1.82) is 0 Å². The number of carbonyl (C=O) groups excluding carboxylic acids is 3. The van der Waals surface area contributed by atoms with Crippen LogP contribution in [0.2, 0.25) is 0 Å². The molecule has 2 fully saturated rings. The summed E-state index contributed by atoms with van der Waals surface area (Å²) >= 11 is 3.27. The average Bonchev–Trinajstić information content (AvgIpc) is 3.50. The lowest BCUT2D eigenvalue weighted by molar-refractivity contribution is -0.646. The molecule has 3 atom stereocenters. The van der Waals surface area contributed by atoms with Gasteiger partial charge >= 0.3 is 11.9 Å². The molecule has 0 radical (unpaired) electrons. The van der Waals surface area contributed by atoms with Crippen molar-refractivity contribution in [2.45, 2.75) is 23.1 Å². The van der Waals surface area contributed by atoms with Crippen LogP contribution in [0.4, 0.5) is 16.9 Å². The van der Waals surface area contributed by atoms with E-state index in [4.69, 9.17) is 22.0 Å². The van der Waals surface area contributed by atoms with Gasteiger partial charge in [-0.15, -0.1) is 23.1 Å². The van der Waals surface area contributed by atoms with Gasteiger partial charge in [-0.05, 0) is 0 Å². The maximum atomic E-state index is 13.1. The highest BCUT2D eigenvalue weighted by atomic mass is 32.2. The fourth-order valence-electron chi connectivity index (χ4n) is 4.43. The molecule has 5 heterocycles. The van der Waals surface area contributed by atoms with Crippen LogP contribution in [-0.4, -0.2) is 95.6 Å². The van der Waals surface area contributed by atoms with Crippen molar-refractivity contribution in [3.8, 4) is 0 Å². The molecule has 2 unspecified atom stereocenters. The van der Waals surface area contributed by atoms with Crippen molar-refractivity contribution in [3.05, 3.63) is 17.1 Å². The zero-order valence-electron chi connectivity index (χ0n) is 21.6. The number of fused-ring (bicyclic) bond motifs is 2. The number of oxime groups is 1. The number of nitrogens with zero attached hydrogens (tertiary/aromatic N) is 7. The Morgan fingerprint density at radius 2 is 2.12 bits per heavy atom. The smallest absolute Gasteiger partial charge is 0.376 e. The van der Waals surface area contributed by atoms with Crippen LogP contribution in [0, 0.1) is 5.41 Å². The topological polar surface area (TPSA) is 273 Å². The Balaban J connectivity index is 1.31. The van der Waals surface area contributed by atoms with Crippen molar-refractivity contribution in [3.63, 3.8) is 0 Å². The Labute approximate surface area is 248 Å². The van der Waals surface area contributed by atoms with Crippen molar-refractivity contribution in [1.82, 2.24) is 29.8 Å². The summed E-state index contributed by atoms with van der Waals surface area (Å²) in [6.45, 7) is -0.659. The van der Waals surface area contributed by atoms with E-state index < -0.39 is 47.1 Å². The van der Waals surface area contributed by atoms with Crippen molar-refractivity contribution in [2.24, 2.45) is 10.6 Å². The summed E-state index contributed by atoms with van der Waals surface area (Å²) in [7, 11) is 1.26. The number of aliphatic carboxylic acids is 2. The zero-order chi connectivity index (χ0) is 30.3. The maximum absolute atomic E-state index is 13.1. The third-order valence-electron chi connectivity index (χ3n) is 6.45. The highest BCUT2D eigenvalue weighted by Gasteiger charge is 2.56. The van der Waals surface area contributed by atoms with E-state index in [0.29, 0.717) is 0 Å². The molecule has 21 heteroatoms. The molecule has 0 saturated carbocycles. The van der Waals surface area contributed by atoms with Crippen LogP contribution < -0.4 is 32.2 Å². The first-order valence-electron chi connectivity index (χ1n) is 11.9. The summed E-state index contributed by atoms with van der Waals surface area (Å²) < 4.78 is 2.50. The largest absolute Gasteiger partial charge is 0.549 e. The van der Waals surface area contributed by atoms with Crippen LogP contribution in [0.15, 0.2) is 21.8 Å². The van der Waals surface area contributed by atoms with Crippen LogP contribution in [0.1, 0.15) is 5.69 Å². The number of aromatic nitrogens is 5. The van der Waals surface area contributed by atoms with Gasteiger partial charge in [-0.1, -0.05) is 21.4 Å². The number of hydrogen-bond donors (Lipinski definition) is 5. The molecule has 8 N–H and O–H groups in total. The number of rotatable bonds is 10. The molecule has 5 rings (SSSR count). The van der Waals surface area contributed by atoms with E-state index in [1.54, 1.807) is 0 Å². The SMILES string of the molecule is CON=C(C(=O)NC1C(=O)N2CC(CSc3nc(N)cc4n3nc(N)[n+]4CC(=O)O)(C(=O)[O-])CS[C@H]12)c1csc(N)n1. The normalized spacial score (nSPS) is 22.0. The van der Waals surface area contributed by atoms with Gasteiger partial charge < -0.3 is 47.3 Å². The van der Waals surface area contributed by atoms with Gasteiger partial charge in [-0.25, -0.2) is 14.3 Å². The average molecular weight is 638 g/mol. The van der Waals surface area contributed by atoms with Crippen molar-refractivity contribution >= 4 is 86.9 Å². The number of amides is 2. The van der Waals surface area contributed by atoms with Gasteiger partial charge in [0.2, 0.25) is 16.7 Å². The molecule has 0 aromatic carbocycles. The first-order chi connectivity index (χ1) is 19.9. The Morgan fingerprint density at radius 3 is 2.76 bits per heavy atom. The van der Waals surface area contributed by atoms with Gasteiger partial charge in [-0.2, -0.15) is 4.98 Å². The monoisotopic (exact) mass is 637 g/mol. The van der Waals surface area contributed by atoms with Gasteiger partial charge in [0.15, 0.2) is 17.4 Å². The van der Waals surface area contributed by atoms with E-state index >= 15 is 0 Å². The lowest BCUT2D eigenvalue weighted by Gasteiger charge is -2.55. The molecule has 42 heavy (non-hydrogen) atoms. The summed E-state index contributed by atoms with van der Waals surface area (Å²) in [4.78, 5) is 64.0. The van der Waals surface area contributed by atoms with Crippen LogP contribution in [-0.2, 0) is 30.6 Å². The molecule has 18 nitrogen and oxygen atoms in total. The summed E-state index contributed by atoms with van der Waals surface area (Å²) in [6, 6.07) is 0.463. The third kappa shape index (κ3) is 5.20. The number of thiazole rings is 1. The zero-order valence-corrected chi connectivity index (χ0v) is 24.1. The van der Waals surface area contributed by atoms with E-state index in [0.717, 1.165) is 23.1 Å². The van der Waals surface area contributed by atoms with Crippen LogP contribution >= 0.6 is 34.9 Å². The Morgan fingerprint density at radius 1 is 1.36 bits per heavy atom. The Hall–Kier alpha value is -4.37. The van der Waals surface area contributed by atoms with Crippen molar-refractivity contribution < 1.29 is 38.8 Å². The molecule has 2 amide bonds. The van der Waals surface area contributed by atoms with E-state index in [1.165, 1.54) is 44.3 Å². The quantitative estimate of drug-likeness (QED) is 0.0362. The van der Waals surface area contributed by atoms with Gasteiger partial charge in [0.05, 0.1) is 5.97 Å². The van der Waals surface area contributed by atoms with Gasteiger partial charge in [-0.3, -0.25) is 9.59 Å². The maximum Gasteiger partial charge on any atom is 0.376 e. The predicted molar refractivity (Wildman–Crippen MR) is 148 cm³/mol. The standard InChI is InChI=1S/C21H23N11O7S3/c1-39-29-12(8-4-40-19(24)25-8)14(35)27-13-15(36)31-5-21(17(37)38,6-41-16(13)31)7-42-20-26-9(22)2-10-30(3-11(33)34)18(23)28-32(10)20/h2,4,13,16,22H,3,5-7H2,1H3,(H7,23,24,25,27,28,33,34,35,37,38)/t13?,16-,21?/m1/s1. The van der Waals surface area contributed by atoms with Gasteiger partial charge in [0.25, 0.3) is 5.91 Å². The molecule has 2 aliphatic rings. The number of carboxylic acids is 2. The molecular formula is C21H23N11O7S3. The van der Waals surface area contributed by atoms with Crippen LogP contribution in [0.25, 0.3) is 5.65 Å². The Bertz CT molecular complexity index is 1640. The predicted octanol–water partition coefficient (Wildman–Crippen LogP) is -3.42. The molecule has 0 aliphatic carbocycles. The van der Waals surface area contributed by atoms with Crippen molar-refractivity contribution in [2.75, 3.05) is 42.4 Å². The lowest BCUT2D eigenvalue weighted by atomic mass is 9.89. The minimum atomic E-state index is -1.49. The number of nitrogens with one attached hydrogen (secondary N) is 1. The number of nitrogen functional groups attached to an aromatic ring is 3. The number of carboxylic acid groups (broad SMARTS) is 2. The number of thioether (sulfide) groups is 2. The first kappa shape index (κ1) is 29.1. The second kappa shape index (κ2) is 11.1. The molecule has 3 aromatic rings. The molecule has 2 aliphatic heterocycles. The lowest BCUT2D eigenvalue weighted by Crippen LogP contribution is -2.75. The minimum absolute atomic E-state index is 0.0397.